The first-order valence-electron chi connectivity index (χ1n) is 10.1. The molecule has 0 saturated heterocycles. The Labute approximate surface area is 197 Å². The van der Waals surface area contributed by atoms with Gasteiger partial charge in [-0.3, -0.25) is 28.6 Å². The van der Waals surface area contributed by atoms with E-state index in [2.05, 4.69) is 15.5 Å². The summed E-state index contributed by atoms with van der Waals surface area (Å²) in [5, 5.41) is 15.8. The van der Waals surface area contributed by atoms with E-state index in [4.69, 9.17) is 11.6 Å². The van der Waals surface area contributed by atoms with Crippen molar-refractivity contribution >= 4 is 40.1 Å². The van der Waals surface area contributed by atoms with E-state index in [0.29, 0.717) is 16.3 Å². The highest BCUT2D eigenvalue weighted by atomic mass is 35.5. The normalized spacial score (nSPS) is 11.7. The first-order valence-corrected chi connectivity index (χ1v) is 10.5. The van der Waals surface area contributed by atoms with Crippen LogP contribution in [0.15, 0.2) is 63.2 Å². The summed E-state index contributed by atoms with van der Waals surface area (Å²) in [5.41, 5.74) is 4.41. The van der Waals surface area contributed by atoms with Crippen molar-refractivity contribution in [3.63, 3.8) is 0 Å². The van der Waals surface area contributed by atoms with Crippen LogP contribution in [0.5, 0.6) is 0 Å². The third kappa shape index (κ3) is 4.20. The molecule has 0 aliphatic rings. The maximum absolute atomic E-state index is 13.0. The number of nitrogens with one attached hydrogen (secondary N) is 1. The summed E-state index contributed by atoms with van der Waals surface area (Å²) in [6, 6.07) is 13.1. The molecule has 11 nitrogen and oxygen atoms in total. The van der Waals surface area contributed by atoms with Crippen molar-refractivity contribution < 1.29 is 4.92 Å². The molecule has 0 aliphatic carbocycles. The molecule has 0 bridgehead atoms. The molecule has 2 aromatic carbocycles. The van der Waals surface area contributed by atoms with E-state index in [9.17, 15) is 19.7 Å². The van der Waals surface area contributed by atoms with Crippen molar-refractivity contribution in [2.24, 2.45) is 19.2 Å². The lowest BCUT2D eigenvalue weighted by atomic mass is 10.1. The lowest BCUT2D eigenvalue weighted by molar-refractivity contribution is -0.384. The molecule has 4 rings (SSSR count). The molecule has 0 atom stereocenters. The van der Waals surface area contributed by atoms with Crippen LogP contribution in [0, 0.1) is 10.1 Å². The van der Waals surface area contributed by atoms with Crippen molar-refractivity contribution in [1.29, 1.82) is 0 Å². The minimum Gasteiger partial charge on any atom is -0.298 e. The van der Waals surface area contributed by atoms with Gasteiger partial charge in [-0.1, -0.05) is 23.7 Å². The van der Waals surface area contributed by atoms with Crippen molar-refractivity contribution in [1.82, 2.24) is 18.7 Å². The van der Waals surface area contributed by atoms with Crippen molar-refractivity contribution in [2.75, 3.05) is 5.43 Å². The molecule has 0 amide bonds. The van der Waals surface area contributed by atoms with Gasteiger partial charge in [0.2, 0.25) is 5.95 Å². The van der Waals surface area contributed by atoms with Crippen LogP contribution in [0.25, 0.3) is 11.2 Å². The summed E-state index contributed by atoms with van der Waals surface area (Å²) >= 11 is 6.00. The molecule has 0 fully saturated rings. The van der Waals surface area contributed by atoms with Crippen molar-refractivity contribution in [3.05, 3.63) is 95.6 Å². The fourth-order valence-electron chi connectivity index (χ4n) is 3.48. The highest BCUT2D eigenvalue weighted by Gasteiger charge is 2.19. The van der Waals surface area contributed by atoms with Gasteiger partial charge in [0, 0.05) is 31.3 Å². The minimum absolute atomic E-state index is 0.0222. The van der Waals surface area contributed by atoms with Gasteiger partial charge in [-0.2, -0.15) is 10.1 Å². The van der Waals surface area contributed by atoms with E-state index in [0.717, 1.165) is 10.1 Å². The van der Waals surface area contributed by atoms with Gasteiger partial charge >= 0.3 is 5.69 Å². The Hall–Kier alpha value is -4.25. The number of halogens is 1. The molecular weight excluding hydrogens is 462 g/mol. The maximum Gasteiger partial charge on any atom is 0.332 e. The highest BCUT2D eigenvalue weighted by molar-refractivity contribution is 6.30. The van der Waals surface area contributed by atoms with Crippen molar-refractivity contribution in [2.45, 2.75) is 13.5 Å². The second-order valence-electron chi connectivity index (χ2n) is 7.64. The van der Waals surface area contributed by atoms with Crippen LogP contribution < -0.4 is 16.7 Å². The summed E-state index contributed by atoms with van der Waals surface area (Å²) in [7, 11) is 2.95. The average molecular weight is 482 g/mol. The number of aromatic nitrogens is 4. The number of anilines is 1. The number of rotatable bonds is 6. The molecule has 1 N–H and O–H groups in total. The Morgan fingerprint density at radius 1 is 1.09 bits per heavy atom. The minimum atomic E-state index is -0.495. The fourth-order valence-corrected chi connectivity index (χ4v) is 3.61. The molecule has 4 aromatic rings. The third-order valence-electron chi connectivity index (χ3n) is 5.42. The number of aryl methyl sites for hydroxylation is 1. The molecule has 2 aromatic heterocycles. The van der Waals surface area contributed by atoms with E-state index in [1.54, 1.807) is 42.8 Å². The smallest absolute Gasteiger partial charge is 0.298 e. The number of imidazole rings is 1. The van der Waals surface area contributed by atoms with Gasteiger partial charge < -0.3 is 0 Å². The number of hydrogen-bond acceptors (Lipinski definition) is 7. The van der Waals surface area contributed by atoms with Crippen LogP contribution in [0.2, 0.25) is 5.02 Å². The Morgan fingerprint density at radius 3 is 2.35 bits per heavy atom. The number of hydrazone groups is 1. The summed E-state index contributed by atoms with van der Waals surface area (Å²) in [6.45, 7) is 2.00. The molecule has 174 valence electrons. The zero-order valence-electron chi connectivity index (χ0n) is 18.5. The molecular formula is C22H20ClN7O4. The SMILES string of the molecule is CC(=NNc1nc2c(c(=O)n(C)c(=O)n2C)n1Cc1ccc(Cl)cc1)c1ccc([N+](=O)[O-])cc1. The zero-order valence-corrected chi connectivity index (χ0v) is 19.3. The third-order valence-corrected chi connectivity index (χ3v) is 5.67. The van der Waals surface area contributed by atoms with Crippen LogP contribution in [0.1, 0.15) is 18.1 Å². The fraction of sp³-hybridized carbons (Fsp3) is 0.182. The summed E-state index contributed by atoms with van der Waals surface area (Å²) in [4.78, 5) is 40.3. The van der Waals surface area contributed by atoms with Gasteiger partial charge in [-0.15, -0.1) is 0 Å². The first-order chi connectivity index (χ1) is 16.2. The number of nitro groups is 1. The van der Waals surface area contributed by atoms with Crippen molar-refractivity contribution in [3.8, 4) is 0 Å². The predicted molar refractivity (Wildman–Crippen MR) is 130 cm³/mol. The molecule has 0 spiro atoms. The van der Waals surface area contributed by atoms with E-state index in [1.807, 2.05) is 12.1 Å². The number of hydrogen-bond donors (Lipinski definition) is 1. The van der Waals surface area contributed by atoms with E-state index in [1.165, 1.54) is 23.7 Å². The number of nitro benzene ring substituents is 1. The molecule has 0 radical (unpaired) electrons. The molecule has 0 unspecified atom stereocenters. The lowest BCUT2D eigenvalue weighted by Crippen LogP contribution is -2.37. The first kappa shape index (κ1) is 22.9. The second-order valence-corrected chi connectivity index (χ2v) is 8.08. The number of nitrogens with zero attached hydrogens (tertiary/aromatic N) is 6. The Balaban J connectivity index is 1.80. The van der Waals surface area contributed by atoms with Crippen LogP contribution in [-0.2, 0) is 20.6 Å². The van der Waals surface area contributed by atoms with Crippen LogP contribution in [0.3, 0.4) is 0 Å². The van der Waals surface area contributed by atoms with Gasteiger partial charge in [-0.25, -0.2) is 10.2 Å². The standard InChI is InChI=1S/C22H20ClN7O4/c1-13(15-6-10-17(11-7-15)30(33)34)25-26-21-24-19-18(20(31)28(3)22(32)27(19)2)29(21)12-14-4-8-16(23)9-5-14/h4-11H,12H2,1-3H3,(H,24,26). The molecule has 34 heavy (non-hydrogen) atoms. The predicted octanol–water partition coefficient (Wildman–Crippen LogP) is 2.88. The van der Waals surface area contributed by atoms with Gasteiger partial charge in [-0.05, 0) is 42.3 Å². The van der Waals surface area contributed by atoms with Crippen LogP contribution >= 0.6 is 11.6 Å². The van der Waals surface area contributed by atoms with Gasteiger partial charge in [0.25, 0.3) is 11.2 Å². The lowest BCUT2D eigenvalue weighted by Gasteiger charge is -2.10. The Morgan fingerprint density at radius 2 is 1.74 bits per heavy atom. The Bertz CT molecular complexity index is 1550. The van der Waals surface area contributed by atoms with E-state index >= 15 is 0 Å². The maximum atomic E-state index is 13.0. The highest BCUT2D eigenvalue weighted by Crippen LogP contribution is 2.20. The average Bonchev–Trinajstić information content (AvgIpc) is 3.19. The molecule has 2 heterocycles. The molecule has 0 aliphatic heterocycles. The summed E-state index contributed by atoms with van der Waals surface area (Å²) in [5.74, 6) is 0.254. The van der Waals surface area contributed by atoms with Gasteiger partial charge in [0.05, 0.1) is 17.2 Å². The second kappa shape index (κ2) is 8.94. The number of benzene rings is 2. The monoisotopic (exact) mass is 481 g/mol. The van der Waals surface area contributed by atoms with E-state index in [-0.39, 0.29) is 29.3 Å². The number of non-ortho nitro benzene ring substituents is 1. The van der Waals surface area contributed by atoms with E-state index < -0.39 is 16.2 Å². The number of fused-ring (bicyclic) bond motifs is 1. The molecule has 0 saturated carbocycles. The largest absolute Gasteiger partial charge is 0.332 e. The topological polar surface area (TPSA) is 129 Å². The summed E-state index contributed by atoms with van der Waals surface area (Å²) < 4.78 is 3.97. The quantitative estimate of drug-likeness (QED) is 0.256. The summed E-state index contributed by atoms with van der Waals surface area (Å²) in [6.07, 6.45) is 0. The zero-order chi connectivity index (χ0) is 24.6. The van der Waals surface area contributed by atoms with Crippen LogP contribution in [-0.4, -0.2) is 29.3 Å². The molecule has 12 heteroatoms. The van der Waals surface area contributed by atoms with Gasteiger partial charge in [0.15, 0.2) is 11.2 Å². The van der Waals surface area contributed by atoms with Crippen LogP contribution in [0.4, 0.5) is 11.6 Å². The Kier molecular flexibility index (Phi) is 6.03. The van der Waals surface area contributed by atoms with Gasteiger partial charge in [0.1, 0.15) is 0 Å².